The minimum Gasteiger partial charge on any atom is -0.497 e. The fourth-order valence-electron chi connectivity index (χ4n) is 3.49. The van der Waals surface area contributed by atoms with Crippen LogP contribution in [0.5, 0.6) is 5.75 Å². The van der Waals surface area contributed by atoms with Crippen LogP contribution in [0, 0.1) is 0 Å². The Labute approximate surface area is 177 Å². The standard InChI is InChI=1S/C23H20N2O4S/c1-14-19(22(27)29-3)20(16-9-11-17(28-2)12-10-16)25-21(26)18(30-23(25)24-14)13-15-7-5-4-6-8-15/h4-13,20H,1-3H3/t20-/m1/s1. The molecular weight excluding hydrogens is 400 g/mol. The van der Waals surface area contributed by atoms with E-state index in [1.54, 1.807) is 30.7 Å². The second-order valence-corrected chi connectivity index (χ2v) is 7.77. The highest BCUT2D eigenvalue weighted by atomic mass is 32.1. The molecule has 0 fully saturated rings. The second-order valence-electron chi connectivity index (χ2n) is 6.76. The van der Waals surface area contributed by atoms with Crippen LogP contribution in [0.15, 0.2) is 75.7 Å². The van der Waals surface area contributed by atoms with Crippen molar-refractivity contribution in [3.8, 4) is 5.75 Å². The van der Waals surface area contributed by atoms with Crippen LogP contribution in [-0.2, 0) is 9.53 Å². The van der Waals surface area contributed by atoms with Gasteiger partial charge >= 0.3 is 5.97 Å². The van der Waals surface area contributed by atoms with Crippen LogP contribution in [0.2, 0.25) is 0 Å². The Balaban J connectivity index is 1.96. The van der Waals surface area contributed by atoms with Gasteiger partial charge in [-0.25, -0.2) is 9.79 Å². The zero-order chi connectivity index (χ0) is 21.3. The average Bonchev–Trinajstić information content (AvgIpc) is 3.07. The summed E-state index contributed by atoms with van der Waals surface area (Å²) < 4.78 is 12.4. The lowest BCUT2D eigenvalue weighted by Gasteiger charge is -2.24. The van der Waals surface area contributed by atoms with Gasteiger partial charge in [0.05, 0.1) is 36.1 Å². The van der Waals surface area contributed by atoms with Crippen LogP contribution in [0.25, 0.3) is 6.08 Å². The van der Waals surface area contributed by atoms with Crippen LogP contribution < -0.4 is 19.6 Å². The first-order valence-electron chi connectivity index (χ1n) is 9.33. The fourth-order valence-corrected chi connectivity index (χ4v) is 4.54. The molecule has 1 aromatic heterocycles. The van der Waals surface area contributed by atoms with Gasteiger partial charge in [0.25, 0.3) is 5.56 Å². The van der Waals surface area contributed by atoms with Gasteiger partial charge in [-0.15, -0.1) is 0 Å². The van der Waals surface area contributed by atoms with E-state index in [0.717, 1.165) is 11.1 Å². The highest BCUT2D eigenvalue weighted by Crippen LogP contribution is 2.31. The largest absolute Gasteiger partial charge is 0.497 e. The maximum absolute atomic E-state index is 13.4. The molecule has 2 aromatic carbocycles. The second kappa shape index (κ2) is 8.12. The van der Waals surface area contributed by atoms with Crippen molar-refractivity contribution >= 4 is 23.4 Å². The molecule has 2 heterocycles. The number of nitrogens with zero attached hydrogens (tertiary/aromatic N) is 2. The minimum absolute atomic E-state index is 0.197. The van der Waals surface area contributed by atoms with Crippen molar-refractivity contribution in [3.05, 3.63) is 96.7 Å². The Kier molecular flexibility index (Phi) is 5.37. The van der Waals surface area contributed by atoms with Crippen molar-refractivity contribution in [1.82, 2.24) is 4.57 Å². The van der Waals surface area contributed by atoms with Gasteiger partial charge in [0.15, 0.2) is 4.80 Å². The molecule has 1 aliphatic rings. The van der Waals surface area contributed by atoms with Gasteiger partial charge < -0.3 is 9.47 Å². The molecule has 0 saturated carbocycles. The molecule has 152 valence electrons. The third-order valence-corrected chi connectivity index (χ3v) is 5.94. The number of thiazole rings is 1. The van der Waals surface area contributed by atoms with Gasteiger partial charge in [-0.1, -0.05) is 53.8 Å². The van der Waals surface area contributed by atoms with Crippen LogP contribution >= 0.6 is 11.3 Å². The van der Waals surface area contributed by atoms with Gasteiger partial charge in [0, 0.05) is 0 Å². The van der Waals surface area contributed by atoms with Crippen LogP contribution in [-0.4, -0.2) is 24.8 Å². The van der Waals surface area contributed by atoms with E-state index in [9.17, 15) is 9.59 Å². The normalized spacial score (nSPS) is 16.1. The summed E-state index contributed by atoms with van der Waals surface area (Å²) in [5.41, 5.74) is 2.39. The summed E-state index contributed by atoms with van der Waals surface area (Å²) >= 11 is 1.31. The molecule has 0 bridgehead atoms. The van der Waals surface area contributed by atoms with Gasteiger partial charge in [-0.2, -0.15) is 0 Å². The molecule has 7 heteroatoms. The van der Waals surface area contributed by atoms with Crippen molar-refractivity contribution in [2.75, 3.05) is 14.2 Å². The third kappa shape index (κ3) is 3.48. The molecule has 0 amide bonds. The van der Waals surface area contributed by atoms with E-state index < -0.39 is 12.0 Å². The monoisotopic (exact) mass is 420 g/mol. The van der Waals surface area contributed by atoms with E-state index >= 15 is 0 Å². The Morgan fingerprint density at radius 2 is 1.80 bits per heavy atom. The number of aromatic nitrogens is 1. The first-order chi connectivity index (χ1) is 14.5. The number of carbonyl (C=O) groups is 1. The quantitative estimate of drug-likeness (QED) is 0.608. The summed E-state index contributed by atoms with van der Waals surface area (Å²) in [5.74, 6) is 0.185. The fraction of sp³-hybridized carbons (Fsp3) is 0.174. The van der Waals surface area contributed by atoms with Crippen LogP contribution in [0.3, 0.4) is 0 Å². The lowest BCUT2D eigenvalue weighted by molar-refractivity contribution is -0.136. The number of ether oxygens (including phenoxy) is 2. The molecule has 1 aliphatic heterocycles. The van der Waals surface area contributed by atoms with Crippen molar-refractivity contribution in [1.29, 1.82) is 0 Å². The highest BCUT2D eigenvalue weighted by Gasteiger charge is 2.33. The molecule has 0 unspecified atom stereocenters. The lowest BCUT2D eigenvalue weighted by Crippen LogP contribution is -2.39. The summed E-state index contributed by atoms with van der Waals surface area (Å²) in [6, 6.07) is 16.3. The predicted octanol–water partition coefficient (Wildman–Crippen LogP) is 2.42. The number of methoxy groups -OCH3 is 2. The van der Waals surface area contributed by atoms with Crippen molar-refractivity contribution in [2.45, 2.75) is 13.0 Å². The number of hydrogen-bond donors (Lipinski definition) is 0. The van der Waals surface area contributed by atoms with Gasteiger partial charge in [0.1, 0.15) is 5.75 Å². The summed E-state index contributed by atoms with van der Waals surface area (Å²) in [4.78, 5) is 31.1. The van der Waals surface area contributed by atoms with Gasteiger partial charge in [0.2, 0.25) is 0 Å². The van der Waals surface area contributed by atoms with Gasteiger partial charge in [-0.3, -0.25) is 9.36 Å². The smallest absolute Gasteiger partial charge is 0.338 e. The molecule has 0 radical (unpaired) electrons. The first kappa shape index (κ1) is 19.8. The van der Waals surface area contributed by atoms with Crippen molar-refractivity contribution < 1.29 is 14.3 Å². The number of hydrogen-bond acceptors (Lipinski definition) is 6. The number of allylic oxidation sites excluding steroid dienone is 1. The van der Waals surface area contributed by atoms with Crippen molar-refractivity contribution in [3.63, 3.8) is 0 Å². The number of fused-ring (bicyclic) bond motifs is 1. The summed E-state index contributed by atoms with van der Waals surface area (Å²) in [7, 11) is 2.92. The highest BCUT2D eigenvalue weighted by molar-refractivity contribution is 7.07. The topological polar surface area (TPSA) is 69.9 Å². The summed E-state index contributed by atoms with van der Waals surface area (Å²) in [6.07, 6.45) is 1.84. The molecule has 0 aliphatic carbocycles. The van der Waals surface area contributed by atoms with E-state index in [4.69, 9.17) is 9.47 Å². The number of carbonyl (C=O) groups excluding carboxylic acids is 1. The third-order valence-electron chi connectivity index (χ3n) is 4.96. The number of esters is 1. The maximum Gasteiger partial charge on any atom is 0.338 e. The molecule has 3 aromatic rings. The molecular formula is C23H20N2O4S. The Morgan fingerprint density at radius 3 is 2.43 bits per heavy atom. The zero-order valence-corrected chi connectivity index (χ0v) is 17.6. The Hall–Kier alpha value is -3.45. The van der Waals surface area contributed by atoms with E-state index in [-0.39, 0.29) is 5.56 Å². The minimum atomic E-state index is -0.627. The Bertz CT molecular complexity index is 1300. The molecule has 1 atom stereocenters. The molecule has 0 saturated heterocycles. The number of benzene rings is 2. The Morgan fingerprint density at radius 1 is 1.10 bits per heavy atom. The lowest BCUT2D eigenvalue weighted by atomic mass is 9.96. The van der Waals surface area contributed by atoms with E-state index in [1.165, 1.54) is 18.4 Å². The molecule has 0 spiro atoms. The molecule has 6 nitrogen and oxygen atoms in total. The molecule has 30 heavy (non-hydrogen) atoms. The summed E-state index contributed by atoms with van der Waals surface area (Å²) in [5, 5.41) is 0. The number of rotatable bonds is 4. The van der Waals surface area contributed by atoms with E-state index in [1.807, 2.05) is 48.5 Å². The molecule has 0 N–H and O–H groups in total. The van der Waals surface area contributed by atoms with Crippen LogP contribution in [0.4, 0.5) is 0 Å². The van der Waals surface area contributed by atoms with Crippen LogP contribution in [0.1, 0.15) is 24.1 Å². The predicted molar refractivity (Wildman–Crippen MR) is 115 cm³/mol. The first-order valence-corrected chi connectivity index (χ1v) is 10.1. The SMILES string of the molecule is COC(=O)C1=C(C)N=c2sc(=Cc3ccccc3)c(=O)n2[C@@H]1c1ccc(OC)cc1. The van der Waals surface area contributed by atoms with E-state index in [2.05, 4.69) is 4.99 Å². The summed E-state index contributed by atoms with van der Waals surface area (Å²) in [6.45, 7) is 1.76. The van der Waals surface area contributed by atoms with Gasteiger partial charge in [-0.05, 0) is 36.3 Å². The molecule has 4 rings (SSSR count). The zero-order valence-electron chi connectivity index (χ0n) is 16.8. The maximum atomic E-state index is 13.4. The van der Waals surface area contributed by atoms with E-state index in [0.29, 0.717) is 26.4 Å². The van der Waals surface area contributed by atoms with Crippen molar-refractivity contribution in [2.24, 2.45) is 4.99 Å². The average molecular weight is 420 g/mol.